The lowest BCUT2D eigenvalue weighted by molar-refractivity contribution is 0.685. The van der Waals surface area contributed by atoms with Crippen LogP contribution in [0.4, 0.5) is 0 Å². The van der Waals surface area contributed by atoms with E-state index in [4.69, 9.17) is 0 Å². The first-order valence-electron chi connectivity index (χ1n) is 5.55. The average molecular weight is 291 g/mol. The van der Waals surface area contributed by atoms with Gasteiger partial charge in [0.05, 0.1) is 6.04 Å². The molecule has 0 aliphatic heterocycles. The number of hydrogen-bond donors (Lipinski definition) is 1. The molecule has 1 aromatic carbocycles. The van der Waals surface area contributed by atoms with Crippen molar-refractivity contribution in [3.63, 3.8) is 0 Å². The van der Waals surface area contributed by atoms with E-state index >= 15 is 0 Å². The van der Waals surface area contributed by atoms with E-state index in [1.54, 1.807) is 6.20 Å². The lowest BCUT2D eigenvalue weighted by Gasteiger charge is -2.18. The fraction of sp³-hybridized carbons (Fsp3) is 0.214. The van der Waals surface area contributed by atoms with Crippen molar-refractivity contribution in [3.8, 4) is 0 Å². The molecule has 88 valence electrons. The third-order valence-electron chi connectivity index (χ3n) is 2.77. The van der Waals surface area contributed by atoms with Gasteiger partial charge in [-0.2, -0.15) is 0 Å². The second kappa shape index (κ2) is 5.43. The number of rotatable bonds is 3. The van der Waals surface area contributed by atoms with Gasteiger partial charge in [0, 0.05) is 16.9 Å². The van der Waals surface area contributed by atoms with E-state index in [-0.39, 0.29) is 6.04 Å². The second-order valence-corrected chi connectivity index (χ2v) is 4.89. The number of aromatic nitrogens is 1. The summed E-state index contributed by atoms with van der Waals surface area (Å²) in [4.78, 5) is 4.18. The fourth-order valence-electron chi connectivity index (χ4n) is 1.93. The van der Waals surface area contributed by atoms with Crippen molar-refractivity contribution in [2.75, 3.05) is 7.05 Å². The van der Waals surface area contributed by atoms with Crippen molar-refractivity contribution in [2.24, 2.45) is 0 Å². The Morgan fingerprint density at radius 1 is 1.29 bits per heavy atom. The third kappa shape index (κ3) is 2.73. The number of benzene rings is 1. The molecule has 0 spiro atoms. The van der Waals surface area contributed by atoms with Crippen LogP contribution in [-0.4, -0.2) is 12.0 Å². The second-order valence-electron chi connectivity index (χ2n) is 4.03. The molecule has 1 heterocycles. The van der Waals surface area contributed by atoms with Crippen molar-refractivity contribution >= 4 is 15.9 Å². The molecule has 1 atom stereocenters. The maximum Gasteiger partial charge on any atom is 0.0600 e. The van der Waals surface area contributed by atoms with Gasteiger partial charge in [-0.3, -0.25) is 4.98 Å². The highest BCUT2D eigenvalue weighted by Gasteiger charge is 2.14. The smallest absolute Gasteiger partial charge is 0.0600 e. The molecule has 1 N–H and O–H groups in total. The summed E-state index contributed by atoms with van der Waals surface area (Å²) < 4.78 is 1.12. The minimum Gasteiger partial charge on any atom is -0.309 e. The van der Waals surface area contributed by atoms with Crippen molar-refractivity contribution < 1.29 is 0 Å². The fourth-order valence-corrected chi connectivity index (χ4v) is 2.41. The topological polar surface area (TPSA) is 24.9 Å². The monoisotopic (exact) mass is 290 g/mol. The van der Waals surface area contributed by atoms with Crippen molar-refractivity contribution in [1.82, 2.24) is 10.3 Å². The first-order valence-corrected chi connectivity index (χ1v) is 6.35. The molecular formula is C14H15BrN2. The van der Waals surface area contributed by atoms with Gasteiger partial charge in [-0.1, -0.05) is 39.7 Å². The van der Waals surface area contributed by atoms with Crippen LogP contribution in [0, 0.1) is 6.92 Å². The Morgan fingerprint density at radius 3 is 2.76 bits per heavy atom. The number of hydrogen-bond acceptors (Lipinski definition) is 2. The van der Waals surface area contributed by atoms with E-state index in [0.29, 0.717) is 0 Å². The Balaban J connectivity index is 2.46. The molecule has 0 saturated heterocycles. The van der Waals surface area contributed by atoms with E-state index < -0.39 is 0 Å². The highest BCUT2D eigenvalue weighted by atomic mass is 79.9. The molecule has 17 heavy (non-hydrogen) atoms. The summed E-state index contributed by atoms with van der Waals surface area (Å²) in [5, 5.41) is 3.33. The van der Waals surface area contributed by atoms with Crippen LogP contribution in [0.25, 0.3) is 0 Å². The molecule has 1 aromatic heterocycles. The number of pyridine rings is 1. The summed E-state index contributed by atoms with van der Waals surface area (Å²) in [6.07, 6.45) is 3.69. The first kappa shape index (κ1) is 12.3. The molecule has 3 heteroatoms. The summed E-state index contributed by atoms with van der Waals surface area (Å²) in [5.41, 5.74) is 3.66. The normalized spacial score (nSPS) is 12.4. The molecule has 2 rings (SSSR count). The highest BCUT2D eigenvalue weighted by Crippen LogP contribution is 2.28. The Kier molecular flexibility index (Phi) is 3.92. The summed E-state index contributed by atoms with van der Waals surface area (Å²) in [6.45, 7) is 2.10. The molecule has 2 nitrogen and oxygen atoms in total. The van der Waals surface area contributed by atoms with Gasteiger partial charge in [0.25, 0.3) is 0 Å². The van der Waals surface area contributed by atoms with E-state index in [1.165, 1.54) is 16.7 Å². The largest absolute Gasteiger partial charge is 0.309 e. The van der Waals surface area contributed by atoms with Gasteiger partial charge < -0.3 is 5.32 Å². The van der Waals surface area contributed by atoms with Crippen LogP contribution < -0.4 is 5.32 Å². The minimum atomic E-state index is 0.165. The lowest BCUT2D eigenvalue weighted by atomic mass is 9.99. The Labute approximate surface area is 110 Å². The Bertz CT molecular complexity index is 497. The maximum atomic E-state index is 4.18. The van der Waals surface area contributed by atoms with Gasteiger partial charge >= 0.3 is 0 Å². The first-order chi connectivity index (χ1) is 8.22. The van der Waals surface area contributed by atoms with Crippen LogP contribution in [0.1, 0.15) is 22.7 Å². The van der Waals surface area contributed by atoms with Gasteiger partial charge in [-0.15, -0.1) is 0 Å². The molecule has 1 unspecified atom stereocenters. The van der Waals surface area contributed by atoms with Gasteiger partial charge in [-0.05, 0) is 37.2 Å². The zero-order valence-electron chi connectivity index (χ0n) is 9.94. The summed E-state index contributed by atoms with van der Waals surface area (Å²) in [6, 6.07) is 10.6. The van der Waals surface area contributed by atoms with E-state index in [9.17, 15) is 0 Å². The highest BCUT2D eigenvalue weighted by molar-refractivity contribution is 9.10. The summed E-state index contributed by atoms with van der Waals surface area (Å²) in [5.74, 6) is 0. The molecule has 0 fully saturated rings. The summed E-state index contributed by atoms with van der Waals surface area (Å²) in [7, 11) is 1.96. The molecule has 2 aromatic rings. The molecule has 0 amide bonds. The molecule has 0 aliphatic carbocycles. The maximum absolute atomic E-state index is 4.18. The van der Waals surface area contributed by atoms with Crippen LogP contribution in [0.3, 0.4) is 0 Å². The van der Waals surface area contributed by atoms with E-state index in [0.717, 1.165) is 4.47 Å². The number of aryl methyl sites for hydroxylation is 1. The van der Waals surface area contributed by atoms with Crippen molar-refractivity contribution in [1.29, 1.82) is 0 Å². The van der Waals surface area contributed by atoms with Crippen LogP contribution in [0.2, 0.25) is 0 Å². The summed E-state index contributed by atoms with van der Waals surface area (Å²) >= 11 is 3.61. The zero-order chi connectivity index (χ0) is 12.3. The zero-order valence-corrected chi connectivity index (χ0v) is 11.5. The van der Waals surface area contributed by atoms with Crippen molar-refractivity contribution in [3.05, 3.63) is 63.9 Å². The molecule has 0 bridgehead atoms. The Hall–Kier alpha value is -1.19. The quantitative estimate of drug-likeness (QED) is 0.936. The van der Waals surface area contributed by atoms with Gasteiger partial charge in [0.2, 0.25) is 0 Å². The Morgan fingerprint density at radius 2 is 2.12 bits per heavy atom. The number of nitrogens with zero attached hydrogens (tertiary/aromatic N) is 1. The third-order valence-corrected chi connectivity index (χ3v) is 3.49. The number of nitrogens with one attached hydrogen (secondary N) is 1. The predicted molar refractivity (Wildman–Crippen MR) is 74.0 cm³/mol. The molecule has 0 saturated carbocycles. The van der Waals surface area contributed by atoms with Gasteiger partial charge in [0.1, 0.15) is 0 Å². The van der Waals surface area contributed by atoms with E-state index in [2.05, 4.69) is 57.4 Å². The standard InChI is InChI=1S/C14H15BrN2/c1-10-5-6-13(15)12(8-10)14(16-2)11-4-3-7-17-9-11/h3-9,14,16H,1-2H3. The average Bonchev–Trinajstić information content (AvgIpc) is 2.36. The lowest BCUT2D eigenvalue weighted by Crippen LogP contribution is -2.18. The van der Waals surface area contributed by atoms with Crippen LogP contribution in [0.15, 0.2) is 47.2 Å². The van der Waals surface area contributed by atoms with Crippen LogP contribution >= 0.6 is 15.9 Å². The number of halogens is 1. The SMILES string of the molecule is CNC(c1cccnc1)c1cc(C)ccc1Br. The molecule has 0 radical (unpaired) electrons. The van der Waals surface area contributed by atoms with E-state index in [1.807, 2.05) is 19.3 Å². The van der Waals surface area contributed by atoms with Gasteiger partial charge in [-0.25, -0.2) is 0 Å². The minimum absolute atomic E-state index is 0.165. The molecular weight excluding hydrogens is 276 g/mol. The van der Waals surface area contributed by atoms with Crippen LogP contribution in [0.5, 0.6) is 0 Å². The van der Waals surface area contributed by atoms with Crippen molar-refractivity contribution in [2.45, 2.75) is 13.0 Å². The molecule has 0 aliphatic rings. The van der Waals surface area contributed by atoms with Gasteiger partial charge in [0.15, 0.2) is 0 Å². The predicted octanol–water partition coefficient (Wildman–Crippen LogP) is 3.46. The van der Waals surface area contributed by atoms with Crippen LogP contribution in [-0.2, 0) is 0 Å².